The van der Waals surface area contributed by atoms with Crippen molar-refractivity contribution in [3.05, 3.63) is 77.2 Å². The predicted octanol–water partition coefficient (Wildman–Crippen LogP) is 4.21. The highest BCUT2D eigenvalue weighted by atomic mass is 32.2. The minimum absolute atomic E-state index is 0.0329. The van der Waals surface area contributed by atoms with Crippen molar-refractivity contribution in [1.29, 1.82) is 0 Å². The minimum Gasteiger partial charge on any atom is -0.465 e. The molecular weight excluding hydrogens is 478 g/mol. The largest absolute Gasteiger partial charge is 0.465 e. The molecule has 1 fully saturated rings. The summed E-state index contributed by atoms with van der Waals surface area (Å²) in [6, 6.07) is 18.2. The van der Waals surface area contributed by atoms with Crippen molar-refractivity contribution in [3.63, 3.8) is 0 Å². The van der Waals surface area contributed by atoms with Crippen molar-refractivity contribution < 1.29 is 31.7 Å². The third-order valence-corrected chi connectivity index (χ3v) is 7.01. The second-order valence-electron chi connectivity index (χ2n) is 7.19. The lowest BCUT2D eigenvalue weighted by Crippen LogP contribution is -2.34. The van der Waals surface area contributed by atoms with Crippen LogP contribution in [0.25, 0.3) is 16.8 Å². The van der Waals surface area contributed by atoms with Crippen LogP contribution in [-0.2, 0) is 24.4 Å². The van der Waals surface area contributed by atoms with E-state index in [1.807, 2.05) is 24.3 Å². The van der Waals surface area contributed by atoms with Gasteiger partial charge < -0.3 is 8.92 Å². The number of hydrogen-bond acceptors (Lipinski definition) is 8. The molecule has 4 rings (SSSR count). The number of fused-ring (bicyclic) bond motifs is 1. The number of amides is 2. The minimum atomic E-state index is -4.05. The highest BCUT2D eigenvalue weighted by molar-refractivity contribution is 8.18. The SMILES string of the molecule is CCOC(=O)CN1C(=O)S/C(=C\c2ccc(OS(=O)(=O)c3ccc4ccccc4c3)cc2)C1=O. The van der Waals surface area contributed by atoms with Crippen molar-refractivity contribution in [2.75, 3.05) is 13.2 Å². The van der Waals surface area contributed by atoms with Crippen LogP contribution < -0.4 is 4.18 Å². The molecule has 1 saturated heterocycles. The number of thioether (sulfide) groups is 1. The van der Waals surface area contributed by atoms with Gasteiger partial charge in [0.25, 0.3) is 11.1 Å². The summed E-state index contributed by atoms with van der Waals surface area (Å²) in [7, 11) is -4.05. The number of ether oxygens (including phenoxy) is 1. The fourth-order valence-electron chi connectivity index (χ4n) is 3.24. The first-order valence-corrected chi connectivity index (χ1v) is 12.4. The second kappa shape index (κ2) is 9.70. The van der Waals surface area contributed by atoms with Crippen molar-refractivity contribution in [3.8, 4) is 5.75 Å². The maximum atomic E-state index is 12.7. The summed E-state index contributed by atoms with van der Waals surface area (Å²) in [5.41, 5.74) is 0.553. The molecular formula is C24H19NO7S2. The zero-order valence-corrected chi connectivity index (χ0v) is 19.6. The van der Waals surface area contributed by atoms with Crippen molar-refractivity contribution in [2.45, 2.75) is 11.8 Å². The van der Waals surface area contributed by atoms with Crippen LogP contribution in [-0.4, -0.2) is 43.6 Å². The number of rotatable bonds is 7. The van der Waals surface area contributed by atoms with Crippen LogP contribution in [0.4, 0.5) is 4.79 Å². The van der Waals surface area contributed by atoms with Gasteiger partial charge in [-0.1, -0.05) is 42.5 Å². The summed E-state index contributed by atoms with van der Waals surface area (Å²) in [5, 5.41) is 1.13. The van der Waals surface area contributed by atoms with Gasteiger partial charge in [0.2, 0.25) is 0 Å². The molecule has 0 spiro atoms. The zero-order chi connectivity index (χ0) is 24.3. The molecule has 3 aromatic carbocycles. The Balaban J connectivity index is 1.47. The van der Waals surface area contributed by atoms with Gasteiger partial charge in [-0.15, -0.1) is 0 Å². The quantitative estimate of drug-likeness (QED) is 0.272. The van der Waals surface area contributed by atoms with E-state index in [-0.39, 0.29) is 22.2 Å². The van der Waals surface area contributed by atoms with Crippen molar-refractivity contribution in [2.24, 2.45) is 0 Å². The van der Waals surface area contributed by atoms with Crippen LogP contribution in [0.5, 0.6) is 5.75 Å². The van der Waals surface area contributed by atoms with Gasteiger partial charge in [0.15, 0.2) is 0 Å². The Kier molecular flexibility index (Phi) is 6.71. The summed E-state index contributed by atoms with van der Waals surface area (Å²) < 4.78 is 35.4. The van der Waals surface area contributed by atoms with Crippen LogP contribution in [0.3, 0.4) is 0 Å². The maximum absolute atomic E-state index is 12.7. The molecule has 0 radical (unpaired) electrons. The Morgan fingerprint density at radius 1 is 1.00 bits per heavy atom. The van der Waals surface area contributed by atoms with E-state index in [0.717, 1.165) is 15.7 Å². The Morgan fingerprint density at radius 3 is 2.41 bits per heavy atom. The summed E-state index contributed by atoms with van der Waals surface area (Å²) in [4.78, 5) is 37.2. The Labute approximate surface area is 200 Å². The lowest BCUT2D eigenvalue weighted by Gasteiger charge is -2.10. The number of hydrogen-bond donors (Lipinski definition) is 0. The molecule has 0 bridgehead atoms. The van der Waals surface area contributed by atoms with E-state index in [9.17, 15) is 22.8 Å². The Morgan fingerprint density at radius 2 is 1.71 bits per heavy atom. The number of carbonyl (C=O) groups excluding carboxylic acids is 3. The van der Waals surface area contributed by atoms with Crippen LogP contribution in [0.15, 0.2) is 76.5 Å². The van der Waals surface area contributed by atoms with Gasteiger partial charge in [-0.2, -0.15) is 8.42 Å². The number of imide groups is 1. The molecule has 0 aliphatic carbocycles. The lowest BCUT2D eigenvalue weighted by molar-refractivity contribution is -0.145. The average molecular weight is 498 g/mol. The molecule has 0 saturated carbocycles. The zero-order valence-electron chi connectivity index (χ0n) is 18.0. The number of nitrogens with zero attached hydrogens (tertiary/aromatic N) is 1. The summed E-state index contributed by atoms with van der Waals surface area (Å²) in [6.07, 6.45) is 1.48. The van der Waals surface area contributed by atoms with E-state index in [0.29, 0.717) is 17.3 Å². The molecule has 34 heavy (non-hydrogen) atoms. The number of esters is 1. The van der Waals surface area contributed by atoms with Gasteiger partial charge in [-0.05, 0) is 65.4 Å². The molecule has 10 heteroatoms. The summed E-state index contributed by atoms with van der Waals surface area (Å²) in [6.45, 7) is 1.33. The van der Waals surface area contributed by atoms with Crippen LogP contribution in [0.2, 0.25) is 0 Å². The normalized spacial score (nSPS) is 15.2. The second-order valence-corrected chi connectivity index (χ2v) is 9.73. The Hall–Kier alpha value is -3.63. The standard InChI is InChI=1S/C24H19NO7S2/c1-2-31-22(26)15-25-23(27)21(33-24(25)28)13-16-7-10-19(11-8-16)32-34(29,30)20-12-9-17-5-3-4-6-18(17)14-20/h3-14H,2,15H2,1H3/b21-13-. The fourth-order valence-corrected chi connectivity index (χ4v) is 5.05. The maximum Gasteiger partial charge on any atom is 0.339 e. The molecule has 1 aliphatic rings. The molecule has 3 aromatic rings. The van der Waals surface area contributed by atoms with Crippen molar-refractivity contribution >= 4 is 55.8 Å². The molecule has 1 heterocycles. The van der Waals surface area contributed by atoms with Gasteiger partial charge in [0, 0.05) is 0 Å². The van der Waals surface area contributed by atoms with Crippen molar-refractivity contribution in [1.82, 2.24) is 4.90 Å². The molecule has 174 valence electrons. The molecule has 0 unspecified atom stereocenters. The lowest BCUT2D eigenvalue weighted by atomic mass is 10.1. The van der Waals surface area contributed by atoms with Crippen LogP contribution >= 0.6 is 11.8 Å². The highest BCUT2D eigenvalue weighted by Gasteiger charge is 2.36. The third kappa shape index (κ3) is 5.13. The van der Waals surface area contributed by atoms with Crippen LogP contribution in [0.1, 0.15) is 12.5 Å². The topological polar surface area (TPSA) is 107 Å². The molecule has 8 nitrogen and oxygen atoms in total. The molecule has 0 atom stereocenters. The first-order chi connectivity index (χ1) is 16.3. The number of benzene rings is 3. The molecule has 0 N–H and O–H groups in total. The molecule has 0 aromatic heterocycles. The monoisotopic (exact) mass is 497 g/mol. The first kappa shape index (κ1) is 23.5. The van der Waals surface area contributed by atoms with Gasteiger partial charge in [-0.3, -0.25) is 19.3 Å². The number of carbonyl (C=O) groups is 3. The molecule has 1 aliphatic heterocycles. The van der Waals surface area contributed by atoms with E-state index < -0.39 is 33.8 Å². The van der Waals surface area contributed by atoms with Gasteiger partial charge in [0.1, 0.15) is 17.2 Å². The molecule has 2 amide bonds. The highest BCUT2D eigenvalue weighted by Crippen LogP contribution is 2.32. The summed E-state index contributed by atoms with van der Waals surface area (Å²) in [5.74, 6) is -1.16. The van der Waals surface area contributed by atoms with Gasteiger partial charge in [-0.25, -0.2) is 0 Å². The van der Waals surface area contributed by atoms with E-state index in [1.54, 1.807) is 31.2 Å². The van der Waals surface area contributed by atoms with Crippen LogP contribution in [0, 0.1) is 0 Å². The van der Waals surface area contributed by atoms with E-state index in [2.05, 4.69) is 0 Å². The summed E-state index contributed by atoms with van der Waals surface area (Å²) >= 11 is 0.713. The smallest absolute Gasteiger partial charge is 0.339 e. The van der Waals surface area contributed by atoms with E-state index in [1.165, 1.54) is 24.3 Å². The average Bonchev–Trinajstić information content (AvgIpc) is 3.07. The van der Waals surface area contributed by atoms with E-state index in [4.69, 9.17) is 8.92 Å². The first-order valence-electron chi connectivity index (χ1n) is 10.2. The van der Waals surface area contributed by atoms with E-state index >= 15 is 0 Å². The Bertz CT molecular complexity index is 1410. The van der Waals surface area contributed by atoms with Gasteiger partial charge in [0.05, 0.1) is 11.5 Å². The van der Waals surface area contributed by atoms with Gasteiger partial charge >= 0.3 is 16.1 Å². The third-order valence-electron chi connectivity index (χ3n) is 4.86. The predicted molar refractivity (Wildman–Crippen MR) is 128 cm³/mol. The fraction of sp³-hybridized carbons (Fsp3) is 0.125.